The van der Waals surface area contributed by atoms with E-state index in [0.29, 0.717) is 5.69 Å². The summed E-state index contributed by atoms with van der Waals surface area (Å²) in [5.74, 6) is 0.668. The second-order valence-corrected chi connectivity index (χ2v) is 4.76. The summed E-state index contributed by atoms with van der Waals surface area (Å²) in [4.78, 5) is 20.6. The van der Waals surface area contributed by atoms with E-state index >= 15 is 0 Å². The minimum absolute atomic E-state index is 0.216. The summed E-state index contributed by atoms with van der Waals surface area (Å²) in [6.07, 6.45) is 2.66. The van der Waals surface area contributed by atoms with Crippen molar-refractivity contribution in [1.29, 1.82) is 0 Å². The minimum Gasteiger partial charge on any atom is -0.370 e. The number of nitrogens with zero attached hydrogens (tertiary/aromatic N) is 2. The number of aromatic nitrogens is 1. The van der Waals surface area contributed by atoms with Crippen LogP contribution in [-0.4, -0.2) is 29.8 Å². The zero-order valence-electron chi connectivity index (χ0n) is 11.5. The molecule has 0 fully saturated rings. The maximum Gasteiger partial charge on any atom is 0.274 e. The van der Waals surface area contributed by atoms with E-state index in [1.165, 1.54) is 0 Å². The molecule has 2 N–H and O–H groups in total. The van der Waals surface area contributed by atoms with Crippen LogP contribution in [0.1, 0.15) is 22.5 Å². The fourth-order valence-corrected chi connectivity index (χ4v) is 2.16. The van der Waals surface area contributed by atoms with Gasteiger partial charge in [-0.25, -0.2) is 0 Å². The van der Waals surface area contributed by atoms with Gasteiger partial charge in [0.2, 0.25) is 0 Å². The summed E-state index contributed by atoms with van der Waals surface area (Å²) in [5, 5.41) is 6.13. The van der Waals surface area contributed by atoms with Crippen LogP contribution in [0.2, 0.25) is 0 Å². The van der Waals surface area contributed by atoms with Gasteiger partial charge in [0.25, 0.3) is 5.91 Å². The molecular formula is C16H16N4O. The van der Waals surface area contributed by atoms with Gasteiger partial charge in [-0.2, -0.15) is 0 Å². The molecule has 5 heteroatoms. The predicted octanol–water partition coefficient (Wildman–Crippen LogP) is 2.07. The first kappa shape index (κ1) is 13.3. The lowest BCUT2D eigenvalue weighted by Crippen LogP contribution is -2.30. The third-order valence-corrected chi connectivity index (χ3v) is 3.19. The highest BCUT2D eigenvalue weighted by Crippen LogP contribution is 2.13. The topological polar surface area (TPSA) is 66.4 Å². The van der Waals surface area contributed by atoms with Crippen molar-refractivity contribution in [1.82, 2.24) is 10.3 Å². The number of hydrogen-bond donors (Lipinski definition) is 2. The van der Waals surface area contributed by atoms with Gasteiger partial charge in [-0.05, 0) is 30.7 Å². The Labute approximate surface area is 123 Å². The van der Waals surface area contributed by atoms with Crippen molar-refractivity contribution in [2.45, 2.75) is 6.42 Å². The Balaban J connectivity index is 1.77. The molecule has 0 bridgehead atoms. The molecule has 1 aromatic heterocycles. The molecule has 3 rings (SSSR count). The van der Waals surface area contributed by atoms with Crippen LogP contribution < -0.4 is 10.6 Å². The average Bonchev–Trinajstić information content (AvgIpc) is 2.57. The van der Waals surface area contributed by atoms with Crippen LogP contribution >= 0.6 is 0 Å². The molecule has 0 radical (unpaired) electrons. The van der Waals surface area contributed by atoms with Crippen LogP contribution in [0.4, 0.5) is 5.69 Å². The van der Waals surface area contributed by atoms with E-state index in [9.17, 15) is 4.79 Å². The molecule has 1 aliphatic rings. The van der Waals surface area contributed by atoms with Crippen LogP contribution in [0.15, 0.2) is 53.7 Å². The molecule has 1 aromatic carbocycles. The van der Waals surface area contributed by atoms with Crippen LogP contribution in [-0.2, 0) is 0 Å². The number of amides is 1. The molecule has 1 amide bonds. The van der Waals surface area contributed by atoms with Crippen LogP contribution in [0.25, 0.3) is 0 Å². The second kappa shape index (κ2) is 6.17. The molecule has 0 spiro atoms. The number of hydrogen-bond acceptors (Lipinski definition) is 4. The van der Waals surface area contributed by atoms with Gasteiger partial charge < -0.3 is 10.6 Å². The predicted molar refractivity (Wildman–Crippen MR) is 82.7 cm³/mol. The Morgan fingerprint density at radius 2 is 2.14 bits per heavy atom. The number of carbonyl (C=O) groups is 1. The van der Waals surface area contributed by atoms with E-state index in [1.807, 2.05) is 24.3 Å². The summed E-state index contributed by atoms with van der Waals surface area (Å²) in [5.41, 5.74) is 2.11. The second-order valence-electron chi connectivity index (χ2n) is 4.76. The molecule has 106 valence electrons. The molecule has 5 nitrogen and oxygen atoms in total. The molecule has 1 aliphatic heterocycles. The lowest BCUT2D eigenvalue weighted by atomic mass is 10.1. The molecule has 2 heterocycles. The summed E-state index contributed by atoms with van der Waals surface area (Å²) in [7, 11) is 0. The Morgan fingerprint density at radius 3 is 2.90 bits per heavy atom. The van der Waals surface area contributed by atoms with E-state index in [4.69, 9.17) is 0 Å². The number of aliphatic imine (C=N–C) groups is 1. The molecule has 2 aromatic rings. The molecule has 0 saturated carbocycles. The Hall–Kier alpha value is -2.69. The van der Waals surface area contributed by atoms with Crippen molar-refractivity contribution < 1.29 is 4.79 Å². The van der Waals surface area contributed by atoms with Crippen molar-refractivity contribution in [3.8, 4) is 0 Å². The standard InChI is InChI=1S/C16H16N4O/c21-16(14-7-1-2-8-17-14)20-13-6-3-5-12(11-13)15-18-9-4-10-19-15/h1-3,5-8,11H,4,9-10H2,(H,18,19)(H,20,21). The molecule has 0 unspecified atom stereocenters. The van der Waals surface area contributed by atoms with E-state index < -0.39 is 0 Å². The number of nitrogens with one attached hydrogen (secondary N) is 2. The normalized spacial score (nSPS) is 14.0. The summed E-state index contributed by atoms with van der Waals surface area (Å²) < 4.78 is 0. The third kappa shape index (κ3) is 3.25. The van der Waals surface area contributed by atoms with E-state index in [2.05, 4.69) is 20.6 Å². The lowest BCUT2D eigenvalue weighted by molar-refractivity contribution is 0.102. The number of pyridine rings is 1. The number of anilines is 1. The SMILES string of the molecule is O=C(Nc1cccc(C2=NCCCN2)c1)c1ccccn1. The maximum atomic E-state index is 12.1. The van der Waals surface area contributed by atoms with Crippen molar-refractivity contribution in [3.63, 3.8) is 0 Å². The molecule has 0 atom stereocenters. The fourth-order valence-electron chi connectivity index (χ4n) is 2.16. The van der Waals surface area contributed by atoms with Crippen LogP contribution in [0.5, 0.6) is 0 Å². The number of carbonyl (C=O) groups excluding carboxylic acids is 1. The van der Waals surface area contributed by atoms with Crippen molar-refractivity contribution in [3.05, 3.63) is 59.9 Å². The molecule has 0 aliphatic carbocycles. The molecule has 21 heavy (non-hydrogen) atoms. The molecular weight excluding hydrogens is 264 g/mol. The van der Waals surface area contributed by atoms with Crippen molar-refractivity contribution in [2.24, 2.45) is 4.99 Å². The zero-order valence-corrected chi connectivity index (χ0v) is 11.5. The van der Waals surface area contributed by atoms with Crippen LogP contribution in [0, 0.1) is 0 Å². The summed E-state index contributed by atoms with van der Waals surface area (Å²) in [6, 6.07) is 12.9. The quantitative estimate of drug-likeness (QED) is 0.904. The fraction of sp³-hybridized carbons (Fsp3) is 0.188. The number of amidine groups is 1. The van der Waals surface area contributed by atoms with Gasteiger partial charge in [0.15, 0.2) is 0 Å². The van der Waals surface area contributed by atoms with Gasteiger partial charge in [-0.3, -0.25) is 14.8 Å². The summed E-state index contributed by atoms with van der Waals surface area (Å²) in [6.45, 7) is 1.77. The zero-order chi connectivity index (χ0) is 14.5. The van der Waals surface area contributed by atoms with Gasteiger partial charge in [0, 0.05) is 30.5 Å². The van der Waals surface area contributed by atoms with E-state index in [-0.39, 0.29) is 5.91 Å². The Kier molecular flexibility index (Phi) is 3.91. The van der Waals surface area contributed by atoms with Crippen LogP contribution in [0.3, 0.4) is 0 Å². The lowest BCUT2D eigenvalue weighted by Gasteiger charge is -2.15. The highest BCUT2D eigenvalue weighted by atomic mass is 16.1. The van der Waals surface area contributed by atoms with Crippen molar-refractivity contribution >= 4 is 17.4 Å². The number of benzene rings is 1. The Morgan fingerprint density at radius 1 is 1.19 bits per heavy atom. The average molecular weight is 280 g/mol. The van der Waals surface area contributed by atoms with Gasteiger partial charge in [-0.1, -0.05) is 18.2 Å². The first-order valence-electron chi connectivity index (χ1n) is 6.94. The maximum absolute atomic E-state index is 12.1. The van der Waals surface area contributed by atoms with E-state index in [0.717, 1.165) is 36.6 Å². The van der Waals surface area contributed by atoms with Gasteiger partial charge in [0.05, 0.1) is 0 Å². The monoisotopic (exact) mass is 280 g/mol. The smallest absolute Gasteiger partial charge is 0.274 e. The summed E-state index contributed by atoms with van der Waals surface area (Å²) >= 11 is 0. The number of rotatable bonds is 3. The van der Waals surface area contributed by atoms with Gasteiger partial charge in [-0.15, -0.1) is 0 Å². The minimum atomic E-state index is -0.216. The highest BCUT2D eigenvalue weighted by molar-refractivity contribution is 6.04. The van der Waals surface area contributed by atoms with E-state index in [1.54, 1.807) is 24.4 Å². The first-order chi connectivity index (χ1) is 10.3. The Bertz CT molecular complexity index is 667. The highest BCUT2D eigenvalue weighted by Gasteiger charge is 2.10. The first-order valence-corrected chi connectivity index (χ1v) is 6.94. The third-order valence-electron chi connectivity index (χ3n) is 3.19. The van der Waals surface area contributed by atoms with Crippen molar-refractivity contribution in [2.75, 3.05) is 18.4 Å². The molecule has 0 saturated heterocycles. The largest absolute Gasteiger partial charge is 0.370 e. The van der Waals surface area contributed by atoms with Gasteiger partial charge >= 0.3 is 0 Å². The van der Waals surface area contributed by atoms with Gasteiger partial charge in [0.1, 0.15) is 11.5 Å².